The molecule has 0 saturated carbocycles. The Balaban J connectivity index is 1.09. The second kappa shape index (κ2) is 10.3. The Hall–Kier alpha value is -4.96. The molecule has 1 aliphatic heterocycles. The predicted molar refractivity (Wildman–Crippen MR) is 181 cm³/mol. The van der Waals surface area contributed by atoms with Crippen LogP contribution >= 0.6 is 0 Å². The second-order valence-electron chi connectivity index (χ2n) is 11.9. The van der Waals surface area contributed by atoms with Gasteiger partial charge in [0.1, 0.15) is 0 Å². The smallest absolute Gasteiger partial charge is 0.169 e. The number of rotatable bonds is 0. The lowest BCUT2D eigenvalue weighted by Gasteiger charge is -2.22. The zero-order valence-electron chi connectivity index (χ0n) is 24.5. The number of fused-ring (bicyclic) bond motifs is 6. The number of hydrogen-bond donors (Lipinski definition) is 0. The Kier molecular flexibility index (Phi) is 6.00. The molecule has 0 saturated heterocycles. The van der Waals surface area contributed by atoms with Crippen LogP contribution in [-0.4, -0.2) is 26.4 Å². The van der Waals surface area contributed by atoms with Crippen LogP contribution in [0.3, 0.4) is 0 Å². The van der Waals surface area contributed by atoms with Gasteiger partial charge in [0.2, 0.25) is 0 Å². The van der Waals surface area contributed by atoms with Crippen molar-refractivity contribution < 1.29 is 18.9 Å². The van der Waals surface area contributed by atoms with Crippen molar-refractivity contribution in [2.45, 2.75) is 25.7 Å². The molecule has 9 rings (SSSR count). The summed E-state index contributed by atoms with van der Waals surface area (Å²) in [5, 5.41) is 14.3. The number of ether oxygens (including phenoxy) is 4. The fourth-order valence-electron chi connectivity index (χ4n) is 7.24. The largest absolute Gasteiger partial charge is 0.489 e. The Morgan fingerprint density at radius 1 is 0.295 bits per heavy atom. The lowest BCUT2D eigenvalue weighted by atomic mass is 9.93. The molecule has 4 heteroatoms. The molecule has 4 nitrogen and oxygen atoms in total. The molecule has 0 aliphatic carbocycles. The summed E-state index contributed by atoms with van der Waals surface area (Å²) in [5.41, 5.74) is 0. The average molecular weight is 577 g/mol. The van der Waals surface area contributed by atoms with Gasteiger partial charge in [-0.2, -0.15) is 0 Å². The molecule has 44 heavy (non-hydrogen) atoms. The highest BCUT2D eigenvalue weighted by atomic mass is 16.5. The van der Waals surface area contributed by atoms with Crippen LogP contribution in [0.1, 0.15) is 25.7 Å². The van der Waals surface area contributed by atoms with Crippen molar-refractivity contribution in [3.63, 3.8) is 0 Å². The fourth-order valence-corrected chi connectivity index (χ4v) is 7.24. The summed E-state index contributed by atoms with van der Waals surface area (Å²) in [7, 11) is 0. The van der Waals surface area contributed by atoms with Gasteiger partial charge in [0.25, 0.3) is 0 Å². The third-order valence-electron chi connectivity index (χ3n) is 9.23. The monoisotopic (exact) mass is 576 g/mol. The van der Waals surface area contributed by atoms with E-state index in [0.717, 1.165) is 70.2 Å². The van der Waals surface area contributed by atoms with Crippen molar-refractivity contribution in [2.24, 2.45) is 0 Å². The molecule has 0 unspecified atom stereocenters. The molecule has 216 valence electrons. The van der Waals surface area contributed by atoms with Gasteiger partial charge in [0.15, 0.2) is 23.0 Å². The van der Waals surface area contributed by atoms with E-state index in [1.165, 1.54) is 43.1 Å². The van der Waals surface area contributed by atoms with Crippen molar-refractivity contribution >= 4 is 64.6 Å². The van der Waals surface area contributed by atoms with E-state index in [-0.39, 0.29) is 0 Å². The minimum Gasteiger partial charge on any atom is -0.489 e. The van der Waals surface area contributed by atoms with E-state index in [4.69, 9.17) is 18.9 Å². The third-order valence-corrected chi connectivity index (χ3v) is 9.23. The van der Waals surface area contributed by atoms with Crippen molar-refractivity contribution in [3.8, 4) is 23.0 Å². The quantitative estimate of drug-likeness (QED) is 0.168. The van der Waals surface area contributed by atoms with E-state index in [1.807, 2.05) is 0 Å². The van der Waals surface area contributed by atoms with E-state index in [0.29, 0.717) is 26.4 Å². The van der Waals surface area contributed by atoms with Crippen LogP contribution in [-0.2, 0) is 0 Å². The highest BCUT2D eigenvalue weighted by Gasteiger charge is 2.22. The van der Waals surface area contributed by atoms with Gasteiger partial charge >= 0.3 is 0 Å². The second-order valence-corrected chi connectivity index (χ2v) is 11.9. The lowest BCUT2D eigenvalue weighted by molar-refractivity contribution is 0.228. The summed E-state index contributed by atoms with van der Waals surface area (Å²) >= 11 is 0. The first-order valence-corrected chi connectivity index (χ1v) is 15.8. The zero-order chi connectivity index (χ0) is 29.0. The first kappa shape index (κ1) is 25.5. The Bertz CT molecular complexity index is 1980. The van der Waals surface area contributed by atoms with Crippen LogP contribution in [0.2, 0.25) is 0 Å². The first-order chi connectivity index (χ1) is 21.9. The van der Waals surface area contributed by atoms with Gasteiger partial charge in [0, 0.05) is 43.1 Å². The zero-order valence-corrected chi connectivity index (χ0v) is 24.5. The van der Waals surface area contributed by atoms with E-state index in [9.17, 15) is 0 Å². The molecule has 1 aliphatic rings. The molecule has 1 heterocycles. The average Bonchev–Trinajstić information content (AvgIpc) is 3.06. The summed E-state index contributed by atoms with van der Waals surface area (Å²) in [4.78, 5) is 0. The minimum atomic E-state index is 0.584. The molecule has 0 aromatic heterocycles. The maximum absolute atomic E-state index is 6.63. The van der Waals surface area contributed by atoms with E-state index >= 15 is 0 Å². The molecule has 0 fully saturated rings. The first-order valence-electron chi connectivity index (χ1n) is 15.8. The molecule has 8 aromatic rings. The number of benzene rings is 8. The maximum Gasteiger partial charge on any atom is 0.169 e. The van der Waals surface area contributed by atoms with Gasteiger partial charge in [0.05, 0.1) is 26.4 Å². The number of hydrogen-bond acceptors (Lipinski definition) is 4. The van der Waals surface area contributed by atoms with Gasteiger partial charge in [-0.25, -0.2) is 0 Å². The molecule has 0 bridgehead atoms. The summed E-state index contributed by atoms with van der Waals surface area (Å²) in [5.74, 6) is 3.39. The predicted octanol–water partition coefficient (Wildman–Crippen LogP) is 10.3. The summed E-state index contributed by atoms with van der Waals surface area (Å²) in [6.07, 6.45) is 3.44. The molecule has 0 radical (unpaired) electrons. The lowest BCUT2D eigenvalue weighted by Crippen LogP contribution is -2.09. The molecule has 0 atom stereocenters. The summed E-state index contributed by atoms with van der Waals surface area (Å²) < 4.78 is 26.5. The summed E-state index contributed by atoms with van der Waals surface area (Å²) in [6.45, 7) is 2.33. The van der Waals surface area contributed by atoms with Crippen LogP contribution < -0.4 is 18.9 Å². The SMILES string of the molecule is c1cc2ccc3cccc4c5c(c(c1)c2c34)OCCCCOc1c(c2cccc3ccc4cccc1c4c32)OCCCCO5. The van der Waals surface area contributed by atoms with Gasteiger partial charge in [-0.05, 0) is 47.2 Å². The van der Waals surface area contributed by atoms with Crippen LogP contribution in [0.15, 0.2) is 97.1 Å². The van der Waals surface area contributed by atoms with Crippen molar-refractivity contribution in [1.29, 1.82) is 0 Å². The van der Waals surface area contributed by atoms with Gasteiger partial charge in [-0.1, -0.05) is 97.1 Å². The topological polar surface area (TPSA) is 36.9 Å². The van der Waals surface area contributed by atoms with Crippen molar-refractivity contribution in [3.05, 3.63) is 97.1 Å². The molecular weight excluding hydrogens is 544 g/mol. The Labute approximate surface area is 255 Å². The minimum absolute atomic E-state index is 0.584. The fraction of sp³-hybridized carbons (Fsp3) is 0.200. The van der Waals surface area contributed by atoms with Gasteiger partial charge in [-0.3, -0.25) is 0 Å². The van der Waals surface area contributed by atoms with E-state index in [1.54, 1.807) is 0 Å². The molecule has 0 spiro atoms. The molecule has 0 amide bonds. The van der Waals surface area contributed by atoms with E-state index < -0.39 is 0 Å². The van der Waals surface area contributed by atoms with Crippen molar-refractivity contribution in [1.82, 2.24) is 0 Å². The third kappa shape index (κ3) is 3.90. The van der Waals surface area contributed by atoms with E-state index in [2.05, 4.69) is 97.1 Å². The Morgan fingerprint density at radius 3 is 0.795 bits per heavy atom. The van der Waals surface area contributed by atoms with Crippen LogP contribution in [0.4, 0.5) is 0 Å². The van der Waals surface area contributed by atoms with Crippen molar-refractivity contribution in [2.75, 3.05) is 26.4 Å². The Morgan fingerprint density at radius 2 is 0.545 bits per heavy atom. The highest BCUT2D eigenvalue weighted by molar-refractivity contribution is 6.27. The molecular formula is C40H32O4. The van der Waals surface area contributed by atoms with Crippen LogP contribution in [0, 0.1) is 0 Å². The van der Waals surface area contributed by atoms with Crippen LogP contribution in [0.25, 0.3) is 64.6 Å². The molecule has 8 aromatic carbocycles. The maximum atomic E-state index is 6.63. The van der Waals surface area contributed by atoms with Gasteiger partial charge in [-0.15, -0.1) is 0 Å². The standard InChI is InChI=1S/C40H32O4/c1-2-22-42-39-31-15-7-11-27-19-20-28-12-8-16-32(36(28)35(27)31)40(39)44-24-4-3-23-43-38-30-14-6-10-26-18-17-25-9-5-13-29(33(25)34(26)30)37(38)41-21-1/h5-20H,1-4,21-24H2. The van der Waals surface area contributed by atoms with Crippen LogP contribution in [0.5, 0.6) is 23.0 Å². The highest BCUT2D eigenvalue weighted by Crippen LogP contribution is 2.49. The normalized spacial score (nSPS) is 15.3. The summed E-state index contributed by atoms with van der Waals surface area (Å²) in [6, 6.07) is 34.7. The molecule has 0 N–H and O–H groups in total. The van der Waals surface area contributed by atoms with Gasteiger partial charge < -0.3 is 18.9 Å².